The Kier molecular flexibility index (Phi) is 34.2. The molecule has 6 aliphatic rings. The van der Waals surface area contributed by atoms with Gasteiger partial charge in [0.25, 0.3) is 0 Å². The van der Waals surface area contributed by atoms with E-state index in [2.05, 4.69) is 16.0 Å². The third-order valence-electron chi connectivity index (χ3n) is 23.8. The van der Waals surface area contributed by atoms with Crippen molar-refractivity contribution in [2.45, 2.75) is 274 Å². The quantitative estimate of drug-likeness (QED) is 0.101. The van der Waals surface area contributed by atoms with Crippen LogP contribution < -0.4 is 16.0 Å². The molecule has 106 heavy (non-hydrogen) atoms. The standard InChI is InChI=1S/C77H128ClF3N12O13/c1-15-51(6)66-73(103)87(9)46-64(96)85(7)47-65(97)89(11)59(43-52-27-19-16-20-28-52)71(101)86(8)45-62(94)82-57(34-32-53-31-33-55(56(78)42-53)77(79,80)81)70(100)91(13)61(48-106-40-35-49(2)3)69(99)84-76(36-23-24-37-76)75(105)92(14)67(54-29-21-17-22-30-54)74(104)90(12)60(72(102)93-38-25-18-26-39-93)44-63(95)88(10)58(41-50(4)5)68(98)83-66/h49-61,66-67H,15-48H2,1-14H3,(H,82,94)(H,83,98)(H,84,99)/t51-,53?,55?,56?,57-,58-,59-,60-,61+,66-,67-/m0/s1. The van der Waals surface area contributed by atoms with Crippen LogP contribution in [0, 0.1) is 41.4 Å². The van der Waals surface area contributed by atoms with E-state index < -0.39 is 180 Å². The van der Waals surface area contributed by atoms with Gasteiger partial charge in [-0.2, -0.15) is 13.2 Å². The number of likely N-dealkylation sites (tertiary alicyclic amines) is 1. The first-order valence-corrected chi connectivity index (χ1v) is 39.9. The van der Waals surface area contributed by atoms with Crippen molar-refractivity contribution in [3.05, 3.63) is 0 Å². The van der Waals surface area contributed by atoms with Gasteiger partial charge in [-0.05, 0) is 132 Å². The molecule has 0 radical (unpaired) electrons. The Morgan fingerprint density at radius 1 is 0.575 bits per heavy atom. The molecule has 0 aromatic heterocycles. The van der Waals surface area contributed by atoms with Gasteiger partial charge in [0, 0.05) is 81.5 Å². The van der Waals surface area contributed by atoms with Crippen LogP contribution in [0.4, 0.5) is 13.2 Å². The molecule has 11 atom stereocenters. The van der Waals surface area contributed by atoms with Gasteiger partial charge in [-0.1, -0.05) is 112 Å². The summed E-state index contributed by atoms with van der Waals surface area (Å²) in [6.07, 6.45) is 7.32. The van der Waals surface area contributed by atoms with Crippen LogP contribution in [0.15, 0.2) is 0 Å². The Morgan fingerprint density at radius 3 is 1.75 bits per heavy atom. The van der Waals surface area contributed by atoms with Gasteiger partial charge in [0.05, 0.1) is 38.6 Å². The van der Waals surface area contributed by atoms with Crippen molar-refractivity contribution in [1.82, 2.24) is 60.0 Å². The number of hydrogen-bond acceptors (Lipinski definition) is 13. The maximum atomic E-state index is 16.0. The monoisotopic (exact) mass is 1520 g/mol. The van der Waals surface area contributed by atoms with E-state index in [-0.39, 0.29) is 88.8 Å². The van der Waals surface area contributed by atoms with Gasteiger partial charge in [0.1, 0.15) is 47.8 Å². The number of hydrogen-bond donors (Lipinski definition) is 3. The van der Waals surface area contributed by atoms with Crippen LogP contribution >= 0.6 is 11.6 Å². The number of alkyl halides is 4. The number of amides is 12. The minimum absolute atomic E-state index is 0.0148. The van der Waals surface area contributed by atoms with Crippen molar-refractivity contribution in [2.24, 2.45) is 41.4 Å². The molecule has 12 amide bonds. The Balaban J connectivity index is 1.47. The number of halogens is 4. The van der Waals surface area contributed by atoms with Crippen LogP contribution in [-0.2, 0) is 62.3 Å². The Morgan fingerprint density at radius 2 is 1.16 bits per heavy atom. The summed E-state index contributed by atoms with van der Waals surface area (Å²) in [6.45, 7) is 10.2. The van der Waals surface area contributed by atoms with Crippen molar-refractivity contribution >= 4 is 82.5 Å². The second kappa shape index (κ2) is 40.9. The fourth-order valence-electron chi connectivity index (χ4n) is 16.6. The SMILES string of the molecule is CC[C@H](C)[C@@H]1NC(=O)[C@H](CC(C)C)N(C)C(=O)C[C@@H](C(=O)N2CCCCC2)N(C)C(=O)[C@H](C2CCCCC2)N(C)C(=O)C2(CCCC2)NC(=O)[C@@H](COCCC(C)C)N(C)C(=O)[C@H](CCC2CCC(C(F)(F)F)C(Cl)C2)NC(=O)CN(C)C(=O)[C@H](CC2CCCCC2)N(C)C(=O)CN(C)C(=O)CN(C)C1=O. The maximum Gasteiger partial charge on any atom is 0.393 e. The van der Waals surface area contributed by atoms with E-state index in [0.717, 1.165) is 77.4 Å². The van der Waals surface area contributed by atoms with E-state index in [0.29, 0.717) is 64.5 Å². The molecule has 2 saturated heterocycles. The zero-order valence-corrected chi connectivity index (χ0v) is 66.8. The van der Waals surface area contributed by atoms with Crippen molar-refractivity contribution in [3.63, 3.8) is 0 Å². The predicted molar refractivity (Wildman–Crippen MR) is 397 cm³/mol. The Labute approximate surface area is 633 Å². The zero-order chi connectivity index (χ0) is 78.7. The fraction of sp³-hybridized carbons (Fsp3) is 0.844. The lowest BCUT2D eigenvalue weighted by molar-refractivity contribution is -0.182. The molecule has 6 fully saturated rings. The number of piperidine rings is 1. The molecule has 0 aromatic rings. The van der Waals surface area contributed by atoms with E-state index in [4.69, 9.17) is 16.3 Å². The van der Waals surface area contributed by atoms with E-state index >= 15 is 28.8 Å². The smallest absolute Gasteiger partial charge is 0.379 e. The van der Waals surface area contributed by atoms with E-state index in [1.165, 1.54) is 76.0 Å². The minimum atomic E-state index is -4.53. The van der Waals surface area contributed by atoms with Crippen molar-refractivity contribution in [2.75, 3.05) is 102 Å². The normalized spacial score (nSPS) is 28.6. The van der Waals surface area contributed by atoms with Gasteiger partial charge >= 0.3 is 6.18 Å². The number of nitrogens with zero attached hydrogens (tertiary/aromatic N) is 9. The van der Waals surface area contributed by atoms with Gasteiger partial charge in [-0.3, -0.25) is 57.5 Å². The maximum absolute atomic E-state index is 16.0. The van der Waals surface area contributed by atoms with Crippen LogP contribution in [0.2, 0.25) is 0 Å². The summed E-state index contributed by atoms with van der Waals surface area (Å²) >= 11 is 6.45. The minimum Gasteiger partial charge on any atom is -0.379 e. The lowest BCUT2D eigenvalue weighted by atomic mass is 9.78. The summed E-state index contributed by atoms with van der Waals surface area (Å²) < 4.78 is 48.6. The van der Waals surface area contributed by atoms with Crippen LogP contribution in [-0.4, -0.2) is 277 Å². The molecule has 2 aliphatic heterocycles. The molecule has 1 spiro atoms. The summed E-state index contributed by atoms with van der Waals surface area (Å²) in [5.41, 5.74) is -1.64. The molecule has 25 nitrogen and oxygen atoms in total. The van der Waals surface area contributed by atoms with Gasteiger partial charge in [-0.15, -0.1) is 11.6 Å². The van der Waals surface area contributed by atoms with Crippen LogP contribution in [0.1, 0.15) is 215 Å². The molecule has 4 saturated carbocycles. The van der Waals surface area contributed by atoms with Gasteiger partial charge in [-0.25, -0.2) is 0 Å². The first kappa shape index (κ1) is 88.6. The van der Waals surface area contributed by atoms with Crippen LogP contribution in [0.25, 0.3) is 0 Å². The van der Waals surface area contributed by atoms with Crippen molar-refractivity contribution in [1.29, 1.82) is 0 Å². The predicted octanol–water partition coefficient (Wildman–Crippen LogP) is 7.38. The lowest BCUT2D eigenvalue weighted by Gasteiger charge is -2.43. The highest BCUT2D eigenvalue weighted by Gasteiger charge is 2.52. The molecule has 6 rings (SSSR count). The summed E-state index contributed by atoms with van der Waals surface area (Å²) in [6, 6.07) is -9.05. The molecule has 4 aliphatic carbocycles. The second-order valence-electron chi connectivity index (χ2n) is 32.8. The average Bonchev–Trinajstić information content (AvgIpc) is 1.37. The highest BCUT2D eigenvalue weighted by molar-refractivity contribution is 6.21. The fourth-order valence-corrected chi connectivity index (χ4v) is 17.1. The molecule has 3 N–H and O–H groups in total. The molecular weight excluding hydrogens is 1390 g/mol. The van der Waals surface area contributed by atoms with Crippen LogP contribution in [0.3, 0.4) is 0 Å². The molecule has 29 heteroatoms. The number of likely N-dealkylation sites (N-methyl/N-ethyl adjacent to an activating group) is 8. The van der Waals surface area contributed by atoms with E-state index in [9.17, 15) is 41.9 Å². The molecule has 602 valence electrons. The highest BCUT2D eigenvalue weighted by Crippen LogP contribution is 2.44. The number of ether oxygens (including phenoxy) is 1. The zero-order valence-electron chi connectivity index (χ0n) is 66.0. The molecular formula is C77H128ClF3N12O13. The third kappa shape index (κ3) is 24.1. The lowest BCUT2D eigenvalue weighted by Crippen LogP contribution is -2.66. The first-order valence-electron chi connectivity index (χ1n) is 39.5. The summed E-state index contributed by atoms with van der Waals surface area (Å²) in [7, 11) is 11.4. The number of carbonyl (C=O) groups excluding carboxylic acids is 12. The highest BCUT2D eigenvalue weighted by atomic mass is 35.5. The summed E-state index contributed by atoms with van der Waals surface area (Å²) in [5, 5.41) is 7.58. The second-order valence-corrected chi connectivity index (χ2v) is 33.3. The van der Waals surface area contributed by atoms with Crippen LogP contribution in [0.5, 0.6) is 0 Å². The van der Waals surface area contributed by atoms with E-state index in [1.807, 2.05) is 34.6 Å². The van der Waals surface area contributed by atoms with Crippen molar-refractivity contribution in [3.8, 4) is 0 Å². The molecule has 0 aromatic carbocycles. The van der Waals surface area contributed by atoms with E-state index in [1.54, 1.807) is 11.8 Å². The van der Waals surface area contributed by atoms with Gasteiger partial charge < -0.3 is 64.8 Å². The Hall–Kier alpha value is -6.32. The molecule has 0 bridgehead atoms. The Bertz CT molecular complexity index is 3000. The van der Waals surface area contributed by atoms with Gasteiger partial charge in [0.15, 0.2) is 0 Å². The van der Waals surface area contributed by atoms with Gasteiger partial charge in [0.2, 0.25) is 70.9 Å². The summed E-state index contributed by atoms with van der Waals surface area (Å²) in [4.78, 5) is 193. The number of carbonyl (C=O) groups is 12. The number of nitrogens with one attached hydrogen (secondary N) is 3. The van der Waals surface area contributed by atoms with Crippen molar-refractivity contribution < 1.29 is 75.4 Å². The molecule has 3 unspecified atom stereocenters. The average molecular weight is 1520 g/mol. The summed E-state index contributed by atoms with van der Waals surface area (Å²) in [5.74, 6) is -10.9. The first-order chi connectivity index (χ1) is 49.9. The third-order valence-corrected chi connectivity index (χ3v) is 24.3. The topological polar surface area (TPSA) is 279 Å². The largest absolute Gasteiger partial charge is 0.393 e. The number of rotatable bonds is 16. The molecule has 2 heterocycles.